The van der Waals surface area contributed by atoms with Crippen LogP contribution in [-0.2, 0) is 17.6 Å². The predicted octanol–water partition coefficient (Wildman–Crippen LogP) is 7.05. The van der Waals surface area contributed by atoms with E-state index in [4.69, 9.17) is 5.73 Å². The van der Waals surface area contributed by atoms with Gasteiger partial charge in [-0.1, -0.05) is 79.6 Å². The molecular weight excluding hydrogens is 494 g/mol. The highest BCUT2D eigenvalue weighted by Crippen LogP contribution is 2.28. The summed E-state index contributed by atoms with van der Waals surface area (Å²) in [5, 5.41) is 13.1. The van der Waals surface area contributed by atoms with Gasteiger partial charge in [0.05, 0.1) is 6.54 Å². The summed E-state index contributed by atoms with van der Waals surface area (Å²) in [5.74, 6) is 0.889. The number of primary amides is 1. The molecule has 0 aliphatic heterocycles. The van der Waals surface area contributed by atoms with Crippen LogP contribution in [0.2, 0.25) is 0 Å². The number of nitrogens with zero attached hydrogens (tertiary/aromatic N) is 1. The van der Waals surface area contributed by atoms with Gasteiger partial charge in [0.25, 0.3) is 0 Å². The zero-order valence-electron chi connectivity index (χ0n) is 22.0. The maximum atomic E-state index is 12.8. The Labute approximate surface area is 230 Å². The fourth-order valence-corrected chi connectivity index (χ4v) is 5.17. The number of thioether (sulfide) groups is 1. The molecule has 0 fully saturated rings. The minimum Gasteiger partial charge on any atom is -0.350 e. The number of nitrogens with two attached hydrogens (primary N) is 1. The van der Waals surface area contributed by atoms with Crippen molar-refractivity contribution < 1.29 is 14.8 Å². The Morgan fingerprint density at radius 1 is 0.816 bits per heavy atom. The van der Waals surface area contributed by atoms with Crippen molar-refractivity contribution in [2.75, 3.05) is 17.6 Å². The van der Waals surface area contributed by atoms with Crippen LogP contribution in [0.25, 0.3) is 0 Å². The van der Waals surface area contributed by atoms with Crippen molar-refractivity contribution in [3.8, 4) is 0 Å². The number of anilines is 1. The van der Waals surface area contributed by atoms with Crippen LogP contribution in [0.1, 0.15) is 61.6 Å². The van der Waals surface area contributed by atoms with Crippen molar-refractivity contribution in [3.05, 3.63) is 95.6 Å². The summed E-state index contributed by atoms with van der Waals surface area (Å²) < 4.78 is 0. The van der Waals surface area contributed by atoms with Crippen LogP contribution >= 0.6 is 11.8 Å². The number of rotatable bonds is 16. The van der Waals surface area contributed by atoms with E-state index < -0.39 is 6.03 Å². The van der Waals surface area contributed by atoms with Gasteiger partial charge in [0, 0.05) is 17.0 Å². The first-order valence-electron chi connectivity index (χ1n) is 13.4. The monoisotopic (exact) mass is 533 g/mol. The molecule has 202 valence electrons. The molecule has 7 heteroatoms. The minimum atomic E-state index is -0.834. The second-order valence-electron chi connectivity index (χ2n) is 9.45. The third-order valence-electron chi connectivity index (χ3n) is 6.34. The van der Waals surface area contributed by atoms with Crippen LogP contribution in [0.4, 0.5) is 10.5 Å². The lowest BCUT2D eigenvalue weighted by Crippen LogP contribution is -2.33. The summed E-state index contributed by atoms with van der Waals surface area (Å²) in [5.41, 5.74) is 9.56. The Hall–Kier alpha value is -3.29. The molecule has 0 saturated carbocycles. The molecule has 0 aliphatic rings. The van der Waals surface area contributed by atoms with Crippen molar-refractivity contribution in [2.24, 2.45) is 5.73 Å². The standard InChI is InChI=1S/C31H39N3O3S/c32-31(36)34(37)21-11-12-22-38-28-20-19-27(23-26-16-8-4-9-17-26)29(24-28)33-30(35)18-10-2-1-5-13-25-14-6-3-7-15-25/h3-4,6-9,14-17,19-20,24,37H,1-2,5,10-13,18,21-23H2,(H2,32,36)(H,33,35). The van der Waals surface area contributed by atoms with E-state index in [1.54, 1.807) is 11.8 Å². The Balaban J connectivity index is 1.49. The first kappa shape index (κ1) is 29.3. The quantitative estimate of drug-likeness (QED) is 0.0795. The van der Waals surface area contributed by atoms with Gasteiger partial charge >= 0.3 is 6.03 Å². The summed E-state index contributed by atoms with van der Waals surface area (Å²) in [6, 6.07) is 26.2. The fourth-order valence-electron chi connectivity index (χ4n) is 4.22. The smallest absolute Gasteiger partial charge is 0.338 e. The van der Waals surface area contributed by atoms with E-state index in [1.165, 1.54) is 11.1 Å². The molecule has 0 atom stereocenters. The van der Waals surface area contributed by atoms with Crippen molar-refractivity contribution in [1.82, 2.24) is 5.06 Å². The molecule has 0 saturated heterocycles. The van der Waals surface area contributed by atoms with E-state index in [0.717, 1.165) is 66.8 Å². The number of hydroxylamine groups is 2. The minimum absolute atomic E-state index is 0.0546. The number of carbonyl (C=O) groups excluding carboxylic acids is 2. The normalized spacial score (nSPS) is 10.8. The van der Waals surface area contributed by atoms with Gasteiger partial charge in [0.1, 0.15) is 0 Å². The second-order valence-corrected chi connectivity index (χ2v) is 10.6. The Morgan fingerprint density at radius 3 is 2.21 bits per heavy atom. The second kappa shape index (κ2) is 16.5. The predicted molar refractivity (Wildman–Crippen MR) is 156 cm³/mol. The zero-order valence-corrected chi connectivity index (χ0v) is 22.8. The fraction of sp³-hybridized carbons (Fsp3) is 0.355. The lowest BCUT2D eigenvalue weighted by molar-refractivity contribution is -0.116. The molecule has 6 nitrogen and oxygen atoms in total. The molecule has 0 aliphatic carbocycles. The van der Waals surface area contributed by atoms with Gasteiger partial charge in [-0.25, -0.2) is 9.86 Å². The topological polar surface area (TPSA) is 95.7 Å². The van der Waals surface area contributed by atoms with Crippen LogP contribution in [-0.4, -0.2) is 34.5 Å². The van der Waals surface area contributed by atoms with Crippen molar-refractivity contribution in [1.29, 1.82) is 0 Å². The Bertz CT molecular complexity index is 1130. The average Bonchev–Trinajstić information content (AvgIpc) is 2.92. The molecule has 3 aromatic carbocycles. The molecule has 38 heavy (non-hydrogen) atoms. The average molecular weight is 534 g/mol. The number of hydrogen-bond donors (Lipinski definition) is 3. The SMILES string of the molecule is NC(=O)N(O)CCCCSc1ccc(Cc2ccccc2)c(NC(=O)CCCCCCc2ccccc2)c1. The van der Waals surface area contributed by atoms with Crippen LogP contribution in [0, 0.1) is 0 Å². The lowest BCUT2D eigenvalue weighted by Gasteiger charge is -2.14. The van der Waals surface area contributed by atoms with E-state index in [2.05, 4.69) is 59.9 Å². The lowest BCUT2D eigenvalue weighted by atomic mass is 10.0. The highest BCUT2D eigenvalue weighted by Gasteiger charge is 2.10. The molecule has 0 unspecified atom stereocenters. The first-order chi connectivity index (χ1) is 18.5. The van der Waals surface area contributed by atoms with Crippen LogP contribution in [0.3, 0.4) is 0 Å². The van der Waals surface area contributed by atoms with Gasteiger partial charge in [0.2, 0.25) is 5.91 Å². The zero-order chi connectivity index (χ0) is 27.0. The van der Waals surface area contributed by atoms with Gasteiger partial charge in [-0.2, -0.15) is 0 Å². The number of carbonyl (C=O) groups is 2. The maximum Gasteiger partial charge on any atom is 0.338 e. The maximum absolute atomic E-state index is 12.8. The number of unbranched alkanes of at least 4 members (excludes halogenated alkanes) is 4. The van der Waals surface area contributed by atoms with E-state index >= 15 is 0 Å². The molecule has 0 radical (unpaired) electrons. The largest absolute Gasteiger partial charge is 0.350 e. The van der Waals surface area contributed by atoms with Gasteiger partial charge in [-0.3, -0.25) is 10.0 Å². The van der Waals surface area contributed by atoms with Crippen LogP contribution in [0.15, 0.2) is 83.8 Å². The summed E-state index contributed by atoms with van der Waals surface area (Å²) in [7, 11) is 0. The Kier molecular flexibility index (Phi) is 12.7. The molecule has 3 rings (SSSR count). The van der Waals surface area contributed by atoms with Crippen LogP contribution in [0.5, 0.6) is 0 Å². The summed E-state index contributed by atoms with van der Waals surface area (Å²) in [6.45, 7) is 0.222. The molecule has 4 N–H and O–H groups in total. The third kappa shape index (κ3) is 11.0. The number of hydrogen-bond acceptors (Lipinski definition) is 4. The molecule has 0 spiro atoms. The number of aryl methyl sites for hydroxylation is 1. The van der Waals surface area contributed by atoms with E-state index in [9.17, 15) is 14.8 Å². The first-order valence-corrected chi connectivity index (χ1v) is 14.4. The number of benzene rings is 3. The van der Waals surface area contributed by atoms with Gasteiger partial charge in [-0.15, -0.1) is 11.8 Å². The molecular formula is C31H39N3O3S. The van der Waals surface area contributed by atoms with Crippen LogP contribution < -0.4 is 11.1 Å². The molecule has 0 aromatic heterocycles. The molecule has 3 aromatic rings. The summed E-state index contributed by atoms with van der Waals surface area (Å²) in [4.78, 5) is 24.8. The highest BCUT2D eigenvalue weighted by molar-refractivity contribution is 7.99. The number of amides is 3. The summed E-state index contributed by atoms with van der Waals surface area (Å²) in [6.07, 6.45) is 8.05. The van der Waals surface area contributed by atoms with Gasteiger partial charge in [0.15, 0.2) is 0 Å². The van der Waals surface area contributed by atoms with Crippen molar-refractivity contribution in [3.63, 3.8) is 0 Å². The highest BCUT2D eigenvalue weighted by atomic mass is 32.2. The van der Waals surface area contributed by atoms with Crippen molar-refractivity contribution in [2.45, 2.75) is 62.7 Å². The van der Waals surface area contributed by atoms with E-state index in [-0.39, 0.29) is 12.5 Å². The van der Waals surface area contributed by atoms with Gasteiger partial charge < -0.3 is 11.1 Å². The molecule has 0 heterocycles. The number of urea groups is 1. The van der Waals surface area contributed by atoms with E-state index in [0.29, 0.717) is 17.9 Å². The summed E-state index contributed by atoms with van der Waals surface area (Å²) >= 11 is 1.69. The van der Waals surface area contributed by atoms with Gasteiger partial charge in [-0.05, 0) is 73.1 Å². The van der Waals surface area contributed by atoms with Crippen molar-refractivity contribution >= 4 is 29.4 Å². The molecule has 0 bridgehead atoms. The third-order valence-corrected chi connectivity index (χ3v) is 7.42. The van der Waals surface area contributed by atoms with E-state index in [1.807, 2.05) is 24.3 Å². The number of nitrogens with one attached hydrogen (secondary N) is 1. The molecule has 3 amide bonds. The Morgan fingerprint density at radius 2 is 1.50 bits per heavy atom.